The number of carbonyl (C=O) groups excluding carboxylic acids is 1. The van der Waals surface area contributed by atoms with Crippen LogP contribution in [0.3, 0.4) is 0 Å². The summed E-state index contributed by atoms with van der Waals surface area (Å²) in [6, 6.07) is 15.7. The smallest absolute Gasteiger partial charge is 0.344 e. The van der Waals surface area contributed by atoms with Gasteiger partial charge in [-0.05, 0) is 11.6 Å². The maximum absolute atomic E-state index is 11.8. The van der Waals surface area contributed by atoms with Crippen molar-refractivity contribution in [3.8, 4) is 11.1 Å². The van der Waals surface area contributed by atoms with E-state index in [1.165, 1.54) is 0 Å². The lowest BCUT2D eigenvalue weighted by molar-refractivity contribution is -0.257. The summed E-state index contributed by atoms with van der Waals surface area (Å²) in [5, 5.41) is 12.1. The van der Waals surface area contributed by atoms with Crippen LogP contribution in [0.25, 0.3) is 21.9 Å². The Morgan fingerprint density at radius 1 is 0.900 bits per heavy atom. The molecule has 0 radical (unpaired) electrons. The molecule has 3 aromatic rings. The third kappa shape index (κ3) is 1.87. The largest absolute Gasteiger partial charge is 0.542 e. The van der Waals surface area contributed by atoms with E-state index in [-0.39, 0.29) is 0 Å². The molecular weight excluding hydrogens is 256 g/mol. The maximum Gasteiger partial charge on any atom is 0.344 e. The fourth-order valence-corrected chi connectivity index (χ4v) is 2.24. The molecule has 0 unspecified atom stereocenters. The van der Waals surface area contributed by atoms with Crippen molar-refractivity contribution in [3.63, 3.8) is 0 Å². The third-order valence-electron chi connectivity index (χ3n) is 3.09. The molecular formula is C16H9O4-. The second-order valence-corrected chi connectivity index (χ2v) is 4.29. The molecule has 3 rings (SSSR count). The molecule has 1 aromatic heterocycles. The molecule has 4 nitrogen and oxygen atoms in total. The predicted molar refractivity (Wildman–Crippen MR) is 72.3 cm³/mol. The van der Waals surface area contributed by atoms with E-state index in [2.05, 4.69) is 0 Å². The Kier molecular flexibility index (Phi) is 2.84. The molecule has 0 amide bonds. The number of carboxylic acid groups (broad SMARTS) is 1. The van der Waals surface area contributed by atoms with E-state index in [1.54, 1.807) is 48.5 Å². The standard InChI is InChI=1S/C16H10O4/c17-15(18)14-13(10-6-2-1-3-7-10)11-8-4-5-9-12(11)16(19)20-14/h1-9H,(H,17,18)/p-1. The Morgan fingerprint density at radius 3 is 2.15 bits per heavy atom. The van der Waals surface area contributed by atoms with Gasteiger partial charge in [0.05, 0.1) is 5.39 Å². The lowest BCUT2D eigenvalue weighted by Crippen LogP contribution is -2.25. The van der Waals surface area contributed by atoms with Gasteiger partial charge in [-0.2, -0.15) is 0 Å². The van der Waals surface area contributed by atoms with Gasteiger partial charge in [-0.15, -0.1) is 0 Å². The molecule has 0 aliphatic heterocycles. The van der Waals surface area contributed by atoms with Crippen LogP contribution in [0.2, 0.25) is 0 Å². The lowest BCUT2D eigenvalue weighted by atomic mass is 9.98. The Balaban J connectivity index is 2.50. The number of benzene rings is 2. The fraction of sp³-hybridized carbons (Fsp3) is 0. The van der Waals surface area contributed by atoms with Gasteiger partial charge in [0.2, 0.25) is 0 Å². The van der Waals surface area contributed by atoms with Crippen molar-refractivity contribution in [2.75, 3.05) is 0 Å². The van der Waals surface area contributed by atoms with Crippen LogP contribution in [0.15, 0.2) is 63.8 Å². The minimum atomic E-state index is -1.51. The maximum atomic E-state index is 11.8. The average Bonchev–Trinajstić information content (AvgIpc) is 2.48. The first-order valence-corrected chi connectivity index (χ1v) is 6.01. The topological polar surface area (TPSA) is 70.3 Å². The molecule has 4 heteroatoms. The van der Waals surface area contributed by atoms with Crippen LogP contribution in [0.5, 0.6) is 0 Å². The van der Waals surface area contributed by atoms with Crippen molar-refractivity contribution in [1.82, 2.24) is 0 Å². The fourth-order valence-electron chi connectivity index (χ4n) is 2.24. The highest BCUT2D eigenvalue weighted by molar-refractivity contribution is 6.04. The van der Waals surface area contributed by atoms with Crippen LogP contribution in [0.4, 0.5) is 0 Å². The number of aromatic carboxylic acids is 1. The van der Waals surface area contributed by atoms with Gasteiger partial charge in [0.25, 0.3) is 0 Å². The van der Waals surface area contributed by atoms with Gasteiger partial charge in [0, 0.05) is 10.9 Å². The molecule has 0 saturated heterocycles. The van der Waals surface area contributed by atoms with Crippen molar-refractivity contribution >= 4 is 16.7 Å². The zero-order valence-corrected chi connectivity index (χ0v) is 10.3. The second-order valence-electron chi connectivity index (χ2n) is 4.29. The number of hydrogen-bond acceptors (Lipinski definition) is 4. The summed E-state index contributed by atoms with van der Waals surface area (Å²) in [7, 11) is 0. The highest BCUT2D eigenvalue weighted by atomic mass is 16.4. The highest BCUT2D eigenvalue weighted by Gasteiger charge is 2.15. The van der Waals surface area contributed by atoms with Crippen molar-refractivity contribution < 1.29 is 14.3 Å². The van der Waals surface area contributed by atoms with Crippen LogP contribution >= 0.6 is 0 Å². The van der Waals surface area contributed by atoms with Gasteiger partial charge >= 0.3 is 5.63 Å². The first-order chi connectivity index (χ1) is 9.68. The lowest BCUT2D eigenvalue weighted by Gasteiger charge is -2.12. The molecule has 0 bridgehead atoms. The van der Waals surface area contributed by atoms with Crippen LogP contribution in [-0.2, 0) is 0 Å². The second kappa shape index (κ2) is 4.66. The summed E-state index contributed by atoms with van der Waals surface area (Å²) in [6.07, 6.45) is 0. The van der Waals surface area contributed by atoms with Crippen molar-refractivity contribution in [3.05, 3.63) is 70.8 Å². The van der Waals surface area contributed by atoms with E-state index >= 15 is 0 Å². The van der Waals surface area contributed by atoms with Gasteiger partial charge in [0.15, 0.2) is 5.76 Å². The molecule has 0 spiro atoms. The summed E-state index contributed by atoms with van der Waals surface area (Å²) in [4.78, 5) is 23.1. The zero-order valence-electron chi connectivity index (χ0n) is 10.3. The van der Waals surface area contributed by atoms with E-state index in [1.807, 2.05) is 6.07 Å². The van der Waals surface area contributed by atoms with Gasteiger partial charge in [0.1, 0.15) is 5.97 Å². The van der Waals surface area contributed by atoms with Crippen molar-refractivity contribution in [1.29, 1.82) is 0 Å². The molecule has 0 atom stereocenters. The SMILES string of the molecule is O=C([O-])c1oc(=O)c2ccccc2c1-c1ccccc1. The highest BCUT2D eigenvalue weighted by Crippen LogP contribution is 2.30. The summed E-state index contributed by atoms with van der Waals surface area (Å²) < 4.78 is 4.92. The number of carboxylic acids is 1. The molecule has 0 aliphatic rings. The predicted octanol–water partition coefficient (Wildman–Crippen LogP) is 1.82. The number of carbonyl (C=O) groups is 1. The third-order valence-corrected chi connectivity index (χ3v) is 3.09. The Morgan fingerprint density at radius 2 is 1.50 bits per heavy atom. The molecule has 98 valence electrons. The Bertz CT molecular complexity index is 847. The van der Waals surface area contributed by atoms with Gasteiger partial charge in [-0.3, -0.25) is 0 Å². The summed E-state index contributed by atoms with van der Waals surface area (Å²) >= 11 is 0. The van der Waals surface area contributed by atoms with Crippen molar-refractivity contribution in [2.45, 2.75) is 0 Å². The van der Waals surface area contributed by atoms with Crippen LogP contribution in [0.1, 0.15) is 10.6 Å². The minimum Gasteiger partial charge on any atom is -0.542 e. The number of fused-ring (bicyclic) bond motifs is 1. The van der Waals surface area contributed by atoms with Crippen molar-refractivity contribution in [2.24, 2.45) is 0 Å². The first kappa shape index (κ1) is 12.2. The monoisotopic (exact) mass is 265 g/mol. The van der Waals surface area contributed by atoms with Gasteiger partial charge < -0.3 is 14.3 Å². The summed E-state index contributed by atoms with van der Waals surface area (Å²) in [5.74, 6) is -1.95. The molecule has 0 saturated carbocycles. The van der Waals surface area contributed by atoms with Crippen LogP contribution < -0.4 is 10.7 Å². The van der Waals surface area contributed by atoms with Gasteiger partial charge in [-0.1, -0.05) is 48.5 Å². The normalized spacial score (nSPS) is 10.6. The van der Waals surface area contributed by atoms with E-state index in [0.717, 1.165) is 0 Å². The van der Waals surface area contributed by atoms with E-state index in [4.69, 9.17) is 4.42 Å². The number of hydrogen-bond donors (Lipinski definition) is 0. The quantitative estimate of drug-likeness (QED) is 0.708. The minimum absolute atomic E-state index is 0.344. The molecule has 1 heterocycles. The molecule has 0 N–H and O–H groups in total. The Labute approximate surface area is 113 Å². The Hall–Kier alpha value is -2.88. The number of rotatable bonds is 2. The van der Waals surface area contributed by atoms with E-state index in [0.29, 0.717) is 21.9 Å². The molecule has 0 aliphatic carbocycles. The molecule has 20 heavy (non-hydrogen) atoms. The van der Waals surface area contributed by atoms with E-state index < -0.39 is 17.4 Å². The zero-order chi connectivity index (χ0) is 14.1. The summed E-state index contributed by atoms with van der Waals surface area (Å²) in [6.45, 7) is 0. The van der Waals surface area contributed by atoms with Gasteiger partial charge in [-0.25, -0.2) is 4.79 Å². The first-order valence-electron chi connectivity index (χ1n) is 6.01. The van der Waals surface area contributed by atoms with Crippen LogP contribution in [0, 0.1) is 0 Å². The molecule has 0 fully saturated rings. The van der Waals surface area contributed by atoms with E-state index in [9.17, 15) is 14.7 Å². The average molecular weight is 265 g/mol. The molecule has 2 aromatic carbocycles. The van der Waals surface area contributed by atoms with Crippen LogP contribution in [-0.4, -0.2) is 5.97 Å². The summed E-state index contributed by atoms with van der Waals surface area (Å²) in [5.41, 5.74) is 0.340.